The zero-order chi connectivity index (χ0) is 24.3. The highest BCUT2D eigenvalue weighted by Gasteiger charge is 2.35. The molecule has 2 saturated heterocycles. The Morgan fingerprint density at radius 1 is 1.03 bits per heavy atom. The molecule has 4 rings (SSSR count). The second-order valence-electron chi connectivity index (χ2n) is 8.91. The number of nitrogens with one attached hydrogen (secondary N) is 1. The summed E-state index contributed by atoms with van der Waals surface area (Å²) in [6.07, 6.45) is 3.82. The summed E-state index contributed by atoms with van der Waals surface area (Å²) in [5.41, 5.74) is 2.13. The van der Waals surface area contributed by atoms with Crippen molar-refractivity contribution in [3.63, 3.8) is 0 Å². The Morgan fingerprint density at radius 2 is 1.71 bits per heavy atom. The van der Waals surface area contributed by atoms with Crippen molar-refractivity contribution in [3.05, 3.63) is 48.0 Å². The van der Waals surface area contributed by atoms with Gasteiger partial charge in [0.15, 0.2) is 0 Å². The molecule has 2 fully saturated rings. The summed E-state index contributed by atoms with van der Waals surface area (Å²) in [6.45, 7) is 3.23. The lowest BCUT2D eigenvalue weighted by atomic mass is 10.1. The molecule has 8 nitrogen and oxygen atoms in total. The molecule has 2 heterocycles. The summed E-state index contributed by atoms with van der Waals surface area (Å²) < 4.78 is 33.3. The van der Waals surface area contributed by atoms with E-state index in [0.717, 1.165) is 36.9 Å². The number of hydrogen-bond donors (Lipinski definition) is 1. The zero-order valence-electron chi connectivity index (χ0n) is 19.6. The second kappa shape index (κ2) is 10.1. The summed E-state index contributed by atoms with van der Waals surface area (Å²) in [4.78, 5) is 27.4. The molecule has 0 saturated carbocycles. The van der Waals surface area contributed by atoms with Crippen molar-refractivity contribution in [1.82, 2.24) is 4.31 Å². The first-order chi connectivity index (χ1) is 16.3. The minimum atomic E-state index is -3.68. The highest BCUT2D eigenvalue weighted by Crippen LogP contribution is 2.32. The van der Waals surface area contributed by atoms with Crippen LogP contribution in [-0.2, 0) is 19.6 Å². The van der Waals surface area contributed by atoms with Crippen molar-refractivity contribution < 1.29 is 22.7 Å². The summed E-state index contributed by atoms with van der Waals surface area (Å²) in [5, 5.41) is 2.81. The van der Waals surface area contributed by atoms with Crippen molar-refractivity contribution in [2.45, 2.75) is 43.9 Å². The van der Waals surface area contributed by atoms with Crippen LogP contribution < -0.4 is 15.0 Å². The molecule has 0 radical (unpaired) electrons. The van der Waals surface area contributed by atoms with Crippen LogP contribution in [0.2, 0.25) is 0 Å². The predicted octanol–water partition coefficient (Wildman–Crippen LogP) is 3.56. The quantitative estimate of drug-likeness (QED) is 0.675. The SMILES string of the molecule is COc1ccc(S(=O)(=O)N2CCCCCC2)cc1NC(=O)[C@@H]1CC(=O)N(c2ccc(C)cc2)C1. The van der Waals surface area contributed by atoms with E-state index in [0.29, 0.717) is 18.8 Å². The molecule has 34 heavy (non-hydrogen) atoms. The average molecular weight is 486 g/mol. The molecule has 1 N–H and O–H groups in total. The van der Waals surface area contributed by atoms with E-state index in [1.807, 2.05) is 31.2 Å². The normalized spacial score (nSPS) is 19.6. The van der Waals surface area contributed by atoms with Gasteiger partial charge in [0, 0.05) is 31.7 Å². The van der Waals surface area contributed by atoms with E-state index in [-0.39, 0.29) is 35.4 Å². The van der Waals surface area contributed by atoms with Crippen LogP contribution in [0.5, 0.6) is 5.75 Å². The Labute approximate surface area is 200 Å². The monoisotopic (exact) mass is 485 g/mol. The molecular weight excluding hydrogens is 454 g/mol. The number of hydrogen-bond acceptors (Lipinski definition) is 5. The van der Waals surface area contributed by atoms with Gasteiger partial charge >= 0.3 is 0 Å². The van der Waals surface area contributed by atoms with Crippen molar-refractivity contribution in [1.29, 1.82) is 0 Å². The number of carbonyl (C=O) groups excluding carboxylic acids is 2. The van der Waals surface area contributed by atoms with Crippen LogP contribution >= 0.6 is 0 Å². The third-order valence-corrected chi connectivity index (χ3v) is 8.37. The highest BCUT2D eigenvalue weighted by atomic mass is 32.2. The molecule has 182 valence electrons. The number of methoxy groups -OCH3 is 1. The summed E-state index contributed by atoms with van der Waals surface area (Å²) in [5.74, 6) is -0.647. The van der Waals surface area contributed by atoms with Gasteiger partial charge in [0.1, 0.15) is 5.75 Å². The van der Waals surface area contributed by atoms with E-state index in [2.05, 4.69) is 5.32 Å². The van der Waals surface area contributed by atoms with Gasteiger partial charge in [-0.15, -0.1) is 0 Å². The van der Waals surface area contributed by atoms with Gasteiger partial charge < -0.3 is 15.0 Å². The van der Waals surface area contributed by atoms with Crippen molar-refractivity contribution >= 4 is 33.2 Å². The average Bonchev–Trinajstić information content (AvgIpc) is 3.02. The zero-order valence-corrected chi connectivity index (χ0v) is 20.4. The number of carbonyl (C=O) groups is 2. The van der Waals surface area contributed by atoms with Crippen LogP contribution in [0.4, 0.5) is 11.4 Å². The van der Waals surface area contributed by atoms with E-state index in [4.69, 9.17) is 4.74 Å². The Balaban J connectivity index is 1.52. The van der Waals surface area contributed by atoms with E-state index >= 15 is 0 Å². The highest BCUT2D eigenvalue weighted by molar-refractivity contribution is 7.89. The van der Waals surface area contributed by atoms with Crippen LogP contribution in [0, 0.1) is 12.8 Å². The molecule has 0 bridgehead atoms. The fourth-order valence-electron chi connectivity index (χ4n) is 4.47. The van der Waals surface area contributed by atoms with Gasteiger partial charge in [-0.1, -0.05) is 30.5 Å². The van der Waals surface area contributed by atoms with E-state index in [1.165, 1.54) is 23.5 Å². The molecule has 2 aliphatic heterocycles. The lowest BCUT2D eigenvalue weighted by Crippen LogP contribution is -2.32. The number of ether oxygens (including phenoxy) is 1. The standard InChI is InChI=1S/C25H31N3O5S/c1-18-7-9-20(10-8-18)28-17-19(15-24(28)29)25(30)26-22-16-21(11-12-23(22)33-2)34(31,32)27-13-5-3-4-6-14-27/h7-12,16,19H,3-6,13-15,17H2,1-2H3,(H,26,30)/t19-/m1/s1. The summed E-state index contributed by atoms with van der Waals surface area (Å²) >= 11 is 0. The first-order valence-corrected chi connectivity index (χ1v) is 13.1. The van der Waals surface area contributed by atoms with Gasteiger partial charge in [0.25, 0.3) is 0 Å². The molecule has 0 unspecified atom stereocenters. The van der Waals surface area contributed by atoms with Crippen LogP contribution in [0.15, 0.2) is 47.4 Å². The van der Waals surface area contributed by atoms with Crippen molar-refractivity contribution in [2.75, 3.05) is 37.0 Å². The number of sulfonamides is 1. The Kier molecular flexibility index (Phi) is 7.23. The second-order valence-corrected chi connectivity index (χ2v) is 10.8. The number of anilines is 2. The fourth-order valence-corrected chi connectivity index (χ4v) is 6.01. The van der Waals surface area contributed by atoms with Crippen LogP contribution in [0.3, 0.4) is 0 Å². The number of aryl methyl sites for hydroxylation is 1. The van der Waals surface area contributed by atoms with Gasteiger partial charge in [-0.3, -0.25) is 9.59 Å². The third kappa shape index (κ3) is 5.10. The van der Waals surface area contributed by atoms with Crippen LogP contribution in [0.1, 0.15) is 37.7 Å². The van der Waals surface area contributed by atoms with Gasteiger partial charge in [0.2, 0.25) is 21.8 Å². The molecule has 9 heteroatoms. The topological polar surface area (TPSA) is 96.0 Å². The van der Waals surface area contributed by atoms with Gasteiger partial charge in [-0.05, 0) is 50.1 Å². The third-order valence-electron chi connectivity index (χ3n) is 6.47. The minimum absolute atomic E-state index is 0.0911. The van der Waals surface area contributed by atoms with Gasteiger partial charge in [-0.2, -0.15) is 4.31 Å². The lowest BCUT2D eigenvalue weighted by molar-refractivity contribution is -0.122. The lowest BCUT2D eigenvalue weighted by Gasteiger charge is -2.21. The number of nitrogens with zero attached hydrogens (tertiary/aromatic N) is 2. The van der Waals surface area contributed by atoms with E-state index in [9.17, 15) is 18.0 Å². The molecule has 2 aliphatic rings. The number of benzene rings is 2. The van der Waals surface area contributed by atoms with E-state index in [1.54, 1.807) is 11.0 Å². The first kappa shape index (κ1) is 24.2. The van der Waals surface area contributed by atoms with Crippen molar-refractivity contribution in [3.8, 4) is 5.75 Å². The maximum Gasteiger partial charge on any atom is 0.243 e. The van der Waals surface area contributed by atoms with Crippen LogP contribution in [0.25, 0.3) is 0 Å². The molecule has 1 atom stereocenters. The molecule has 2 aromatic rings. The maximum absolute atomic E-state index is 13.2. The Hall–Kier alpha value is -2.91. The molecule has 2 aromatic carbocycles. The smallest absolute Gasteiger partial charge is 0.243 e. The Morgan fingerprint density at radius 3 is 2.35 bits per heavy atom. The van der Waals surface area contributed by atoms with Crippen molar-refractivity contribution in [2.24, 2.45) is 5.92 Å². The predicted molar refractivity (Wildman–Crippen MR) is 130 cm³/mol. The fraction of sp³-hybridized carbons (Fsp3) is 0.440. The largest absolute Gasteiger partial charge is 0.495 e. The van der Waals surface area contributed by atoms with E-state index < -0.39 is 15.9 Å². The maximum atomic E-state index is 13.2. The first-order valence-electron chi connectivity index (χ1n) is 11.7. The summed E-state index contributed by atoms with van der Waals surface area (Å²) in [6, 6.07) is 12.1. The number of rotatable bonds is 6. The van der Waals surface area contributed by atoms with Crippen LogP contribution in [-0.4, -0.2) is 51.3 Å². The molecule has 0 spiro atoms. The minimum Gasteiger partial charge on any atom is -0.495 e. The number of amides is 2. The summed E-state index contributed by atoms with van der Waals surface area (Å²) in [7, 11) is -2.22. The molecule has 2 amide bonds. The molecular formula is C25H31N3O5S. The Bertz CT molecular complexity index is 1160. The van der Waals surface area contributed by atoms with Gasteiger partial charge in [-0.25, -0.2) is 8.42 Å². The van der Waals surface area contributed by atoms with Gasteiger partial charge in [0.05, 0.1) is 23.6 Å². The molecule has 0 aromatic heterocycles. The molecule has 0 aliphatic carbocycles.